The van der Waals surface area contributed by atoms with Gasteiger partial charge in [-0.1, -0.05) is 6.92 Å². The zero-order valence-corrected chi connectivity index (χ0v) is 12.8. The molecule has 102 valence electrons. The average molecular weight is 287 g/mol. The van der Waals surface area contributed by atoms with Crippen molar-refractivity contribution in [3.05, 3.63) is 24.3 Å². The van der Waals surface area contributed by atoms with Crippen LogP contribution in [0.1, 0.15) is 20.3 Å². The van der Waals surface area contributed by atoms with Crippen molar-refractivity contribution in [1.29, 1.82) is 0 Å². The van der Waals surface area contributed by atoms with Crippen molar-refractivity contribution in [3.63, 3.8) is 0 Å². The van der Waals surface area contributed by atoms with Gasteiger partial charge in [0.1, 0.15) is 0 Å². The van der Waals surface area contributed by atoms with Crippen molar-refractivity contribution in [3.8, 4) is 0 Å². The van der Waals surface area contributed by atoms with Crippen LogP contribution in [-0.2, 0) is 9.84 Å². The van der Waals surface area contributed by atoms with E-state index < -0.39 is 9.84 Å². The maximum Gasteiger partial charge on any atom is 0.175 e. The van der Waals surface area contributed by atoms with Crippen LogP contribution < -0.4 is 5.32 Å². The van der Waals surface area contributed by atoms with Crippen molar-refractivity contribution in [2.45, 2.75) is 36.1 Å². The molecule has 0 bridgehead atoms. The maximum absolute atomic E-state index is 11.3. The molecule has 0 saturated carbocycles. The molecule has 0 aliphatic heterocycles. The number of rotatable bonds is 7. The molecule has 0 heterocycles. The summed E-state index contributed by atoms with van der Waals surface area (Å²) in [7, 11) is -3.08. The van der Waals surface area contributed by atoms with E-state index in [0.717, 1.165) is 23.6 Å². The Bertz CT molecular complexity index is 454. The van der Waals surface area contributed by atoms with Gasteiger partial charge in [0.15, 0.2) is 9.84 Å². The highest BCUT2D eigenvalue weighted by Gasteiger charge is 2.06. The van der Waals surface area contributed by atoms with E-state index in [9.17, 15) is 8.42 Å². The van der Waals surface area contributed by atoms with Crippen LogP contribution in [0.2, 0.25) is 0 Å². The second-order valence-electron chi connectivity index (χ2n) is 4.36. The topological polar surface area (TPSA) is 46.2 Å². The van der Waals surface area contributed by atoms with E-state index in [1.165, 1.54) is 6.26 Å². The molecule has 0 fully saturated rings. The monoisotopic (exact) mass is 287 g/mol. The van der Waals surface area contributed by atoms with Gasteiger partial charge < -0.3 is 5.32 Å². The van der Waals surface area contributed by atoms with Crippen molar-refractivity contribution in [1.82, 2.24) is 5.32 Å². The molecule has 3 nitrogen and oxygen atoms in total. The number of sulfone groups is 1. The summed E-state index contributed by atoms with van der Waals surface area (Å²) in [5.74, 6) is 0.989. The summed E-state index contributed by atoms with van der Waals surface area (Å²) < 4.78 is 22.6. The van der Waals surface area contributed by atoms with Crippen molar-refractivity contribution in [2.75, 3.05) is 18.6 Å². The lowest BCUT2D eigenvalue weighted by Gasteiger charge is -2.10. The predicted octanol–water partition coefficient (Wildman–Crippen LogP) is 2.57. The minimum Gasteiger partial charge on any atom is -0.313 e. The lowest BCUT2D eigenvalue weighted by Crippen LogP contribution is -2.27. The second kappa shape index (κ2) is 7.16. The number of nitrogens with one attached hydrogen (secondary N) is 1. The van der Waals surface area contributed by atoms with Crippen molar-refractivity contribution < 1.29 is 8.42 Å². The Morgan fingerprint density at radius 2 is 1.89 bits per heavy atom. The number of benzene rings is 1. The fraction of sp³-hybridized carbons (Fsp3) is 0.538. The SMILES string of the molecule is CCC(C)NCCSc1ccc(S(C)(=O)=O)cc1. The van der Waals surface area contributed by atoms with Crippen molar-refractivity contribution in [2.24, 2.45) is 0 Å². The molecule has 18 heavy (non-hydrogen) atoms. The molecule has 1 N–H and O–H groups in total. The highest BCUT2D eigenvalue weighted by Crippen LogP contribution is 2.19. The molecular formula is C13H21NO2S2. The fourth-order valence-electron chi connectivity index (χ4n) is 1.40. The molecule has 0 aliphatic rings. The first-order valence-electron chi connectivity index (χ1n) is 6.09. The Morgan fingerprint density at radius 3 is 2.39 bits per heavy atom. The molecule has 0 spiro atoms. The molecule has 5 heteroatoms. The first-order valence-corrected chi connectivity index (χ1v) is 8.97. The van der Waals surface area contributed by atoms with E-state index in [0.29, 0.717) is 10.9 Å². The van der Waals surface area contributed by atoms with Crippen LogP contribution in [0, 0.1) is 0 Å². The quantitative estimate of drug-likeness (QED) is 0.618. The number of hydrogen-bond acceptors (Lipinski definition) is 4. The summed E-state index contributed by atoms with van der Waals surface area (Å²) in [5.41, 5.74) is 0. The molecule has 1 unspecified atom stereocenters. The minimum absolute atomic E-state index is 0.379. The minimum atomic E-state index is -3.08. The smallest absolute Gasteiger partial charge is 0.175 e. The zero-order valence-electron chi connectivity index (χ0n) is 11.1. The molecule has 0 aromatic heterocycles. The van der Waals surface area contributed by atoms with Crippen LogP contribution in [0.3, 0.4) is 0 Å². The average Bonchev–Trinajstić information content (AvgIpc) is 2.33. The van der Waals surface area contributed by atoms with Crippen LogP contribution in [0.25, 0.3) is 0 Å². The van der Waals surface area contributed by atoms with Gasteiger partial charge in [-0.3, -0.25) is 0 Å². The Balaban J connectivity index is 2.40. The lowest BCUT2D eigenvalue weighted by molar-refractivity contribution is 0.555. The van der Waals surface area contributed by atoms with Crippen molar-refractivity contribution >= 4 is 21.6 Å². The van der Waals surface area contributed by atoms with Gasteiger partial charge in [-0.25, -0.2) is 8.42 Å². The van der Waals surface area contributed by atoms with E-state index in [2.05, 4.69) is 19.2 Å². The van der Waals surface area contributed by atoms with Gasteiger partial charge in [0.25, 0.3) is 0 Å². The molecule has 1 rings (SSSR count). The van der Waals surface area contributed by atoms with Crippen LogP contribution in [0.5, 0.6) is 0 Å². The van der Waals surface area contributed by atoms with E-state index >= 15 is 0 Å². The summed E-state index contributed by atoms with van der Waals surface area (Å²) in [4.78, 5) is 1.48. The summed E-state index contributed by atoms with van der Waals surface area (Å²) in [6.07, 6.45) is 2.36. The normalized spacial score (nSPS) is 13.5. The summed E-state index contributed by atoms with van der Waals surface area (Å²) >= 11 is 1.73. The molecule has 1 aromatic carbocycles. The van der Waals surface area contributed by atoms with Crippen LogP contribution in [0.15, 0.2) is 34.1 Å². The summed E-state index contributed by atoms with van der Waals surface area (Å²) in [6, 6.07) is 7.62. The molecule has 0 amide bonds. The summed E-state index contributed by atoms with van der Waals surface area (Å²) in [6.45, 7) is 5.30. The van der Waals surface area contributed by atoms with Gasteiger partial charge in [-0.15, -0.1) is 11.8 Å². The molecule has 1 atom stereocenters. The highest BCUT2D eigenvalue weighted by molar-refractivity contribution is 7.99. The van der Waals surface area contributed by atoms with E-state index in [-0.39, 0.29) is 0 Å². The maximum atomic E-state index is 11.3. The van der Waals surface area contributed by atoms with Crippen LogP contribution in [0.4, 0.5) is 0 Å². The largest absolute Gasteiger partial charge is 0.313 e. The Kier molecular flexibility index (Phi) is 6.18. The molecule has 0 saturated heterocycles. The molecule has 0 radical (unpaired) electrons. The van der Waals surface area contributed by atoms with E-state index in [1.807, 2.05) is 12.1 Å². The van der Waals surface area contributed by atoms with Crippen LogP contribution in [-0.4, -0.2) is 33.0 Å². The zero-order chi connectivity index (χ0) is 13.6. The molecular weight excluding hydrogens is 266 g/mol. The first kappa shape index (κ1) is 15.5. The van der Waals surface area contributed by atoms with E-state index in [1.54, 1.807) is 23.9 Å². The van der Waals surface area contributed by atoms with Crippen LogP contribution >= 0.6 is 11.8 Å². The van der Waals surface area contributed by atoms with Gasteiger partial charge in [-0.05, 0) is 37.6 Å². The Hall–Kier alpha value is -0.520. The number of hydrogen-bond donors (Lipinski definition) is 1. The number of thioether (sulfide) groups is 1. The lowest BCUT2D eigenvalue weighted by atomic mass is 10.3. The highest BCUT2D eigenvalue weighted by atomic mass is 32.2. The molecule has 1 aromatic rings. The first-order chi connectivity index (χ1) is 8.43. The third-order valence-corrected chi connectivity index (χ3v) is 4.87. The van der Waals surface area contributed by atoms with Gasteiger partial charge in [0, 0.05) is 29.5 Å². The van der Waals surface area contributed by atoms with Gasteiger partial charge in [0.2, 0.25) is 0 Å². The summed E-state index contributed by atoms with van der Waals surface area (Å²) in [5, 5.41) is 3.42. The Labute approximate surface area is 114 Å². The third-order valence-electron chi connectivity index (χ3n) is 2.73. The van der Waals surface area contributed by atoms with Gasteiger partial charge >= 0.3 is 0 Å². The predicted molar refractivity (Wildman–Crippen MR) is 78.0 cm³/mol. The standard InChI is InChI=1S/C13H21NO2S2/c1-4-11(2)14-9-10-17-12-5-7-13(8-6-12)18(3,15)16/h5-8,11,14H,4,9-10H2,1-3H3. The Morgan fingerprint density at radius 1 is 1.28 bits per heavy atom. The fourth-order valence-corrected chi connectivity index (χ4v) is 2.82. The van der Waals surface area contributed by atoms with E-state index in [4.69, 9.17) is 0 Å². The molecule has 0 aliphatic carbocycles. The van der Waals surface area contributed by atoms with Gasteiger partial charge in [-0.2, -0.15) is 0 Å². The van der Waals surface area contributed by atoms with Gasteiger partial charge in [0.05, 0.1) is 4.90 Å². The second-order valence-corrected chi connectivity index (χ2v) is 7.54. The third kappa shape index (κ3) is 5.42.